The van der Waals surface area contributed by atoms with Gasteiger partial charge in [0.1, 0.15) is 22.7 Å². The second-order valence-electron chi connectivity index (χ2n) is 9.69. The molecule has 0 unspecified atom stereocenters. The molecule has 8 nitrogen and oxygen atoms in total. The number of furan rings is 1. The molecule has 3 aromatic rings. The molecule has 1 aliphatic heterocycles. The molecule has 1 saturated carbocycles. The smallest absolute Gasteiger partial charge is 0.273 e. The number of nitrogens with one attached hydrogen (secondary N) is 1. The quantitative estimate of drug-likeness (QED) is 0.533. The summed E-state index contributed by atoms with van der Waals surface area (Å²) >= 11 is 0. The maximum absolute atomic E-state index is 13.9. The van der Waals surface area contributed by atoms with Crippen molar-refractivity contribution in [2.24, 2.45) is 0 Å². The van der Waals surface area contributed by atoms with Crippen molar-refractivity contribution in [2.75, 3.05) is 7.11 Å². The number of benzene rings is 1. The Labute approximate surface area is 205 Å². The zero-order valence-corrected chi connectivity index (χ0v) is 20.3. The topological polar surface area (TPSA) is 89.6 Å². The first-order valence-electron chi connectivity index (χ1n) is 12.4. The van der Waals surface area contributed by atoms with E-state index in [0.29, 0.717) is 22.9 Å². The van der Waals surface area contributed by atoms with E-state index in [9.17, 15) is 9.59 Å². The third-order valence-electron chi connectivity index (χ3n) is 7.27. The molecule has 184 valence electrons. The largest absolute Gasteiger partial charge is 0.496 e. The van der Waals surface area contributed by atoms with Crippen LogP contribution in [-0.2, 0) is 17.9 Å². The summed E-state index contributed by atoms with van der Waals surface area (Å²) in [6.45, 7) is 2.34. The molecule has 2 amide bonds. The Kier molecular flexibility index (Phi) is 6.36. The molecular weight excluding hydrogens is 444 g/mol. The van der Waals surface area contributed by atoms with Crippen LogP contribution in [0.3, 0.4) is 0 Å². The molecule has 1 N–H and O–H groups in total. The first kappa shape index (κ1) is 23.2. The SMILES string of the molecule is COc1ccccc1CN1C(=O)c2cc(-c3ccco3)nn2C[C@]1(C)C(=O)NC1CCCCCC1. The van der Waals surface area contributed by atoms with Crippen LogP contribution >= 0.6 is 0 Å². The minimum Gasteiger partial charge on any atom is -0.496 e. The van der Waals surface area contributed by atoms with Crippen molar-refractivity contribution in [2.45, 2.75) is 70.1 Å². The van der Waals surface area contributed by atoms with Crippen LogP contribution in [0.1, 0.15) is 61.5 Å². The summed E-state index contributed by atoms with van der Waals surface area (Å²) in [4.78, 5) is 29.4. The van der Waals surface area contributed by atoms with Crippen molar-refractivity contribution in [1.82, 2.24) is 20.0 Å². The number of hydrogen-bond donors (Lipinski definition) is 1. The van der Waals surface area contributed by atoms with E-state index < -0.39 is 5.54 Å². The van der Waals surface area contributed by atoms with Gasteiger partial charge in [0.05, 0.1) is 26.5 Å². The number of ether oxygens (including phenoxy) is 1. The number of para-hydroxylation sites is 1. The Morgan fingerprint density at radius 1 is 1.17 bits per heavy atom. The van der Waals surface area contributed by atoms with Crippen LogP contribution in [0.4, 0.5) is 0 Å². The summed E-state index contributed by atoms with van der Waals surface area (Å²) in [6, 6.07) is 13.1. The second kappa shape index (κ2) is 9.60. The van der Waals surface area contributed by atoms with Crippen molar-refractivity contribution < 1.29 is 18.7 Å². The normalized spacial score (nSPS) is 20.9. The first-order valence-corrected chi connectivity index (χ1v) is 12.4. The molecule has 1 atom stereocenters. The Morgan fingerprint density at radius 2 is 1.94 bits per heavy atom. The van der Waals surface area contributed by atoms with Crippen LogP contribution in [-0.4, -0.2) is 45.2 Å². The van der Waals surface area contributed by atoms with Crippen LogP contribution in [0.5, 0.6) is 5.75 Å². The number of nitrogens with zero attached hydrogens (tertiary/aromatic N) is 3. The molecule has 0 bridgehead atoms. The average molecular weight is 477 g/mol. The van der Waals surface area contributed by atoms with Crippen LogP contribution < -0.4 is 10.1 Å². The zero-order chi connectivity index (χ0) is 24.4. The van der Waals surface area contributed by atoms with Gasteiger partial charge in [-0.05, 0) is 38.0 Å². The third-order valence-corrected chi connectivity index (χ3v) is 7.27. The summed E-state index contributed by atoms with van der Waals surface area (Å²) in [6.07, 6.45) is 8.15. The van der Waals surface area contributed by atoms with Gasteiger partial charge in [0.25, 0.3) is 5.91 Å². The molecule has 2 aromatic heterocycles. The molecule has 5 rings (SSSR count). The summed E-state index contributed by atoms with van der Waals surface area (Å²) in [7, 11) is 1.61. The zero-order valence-electron chi connectivity index (χ0n) is 20.3. The second-order valence-corrected chi connectivity index (χ2v) is 9.69. The molecule has 2 aliphatic rings. The maximum Gasteiger partial charge on any atom is 0.273 e. The van der Waals surface area contributed by atoms with Gasteiger partial charge in [0.2, 0.25) is 5.91 Å². The standard InChI is InChI=1S/C27H32N4O4/c1-27(26(33)28-20-11-5-3-4-6-12-20)18-31-22(16-21(29-31)24-14-9-15-35-24)25(32)30(27)17-19-10-7-8-13-23(19)34-2/h7-10,13-16,20H,3-6,11-12,17-18H2,1-2H3,(H,28,33)/t27-/m1/s1. The van der Waals surface area contributed by atoms with Crippen molar-refractivity contribution in [3.8, 4) is 17.2 Å². The highest BCUT2D eigenvalue weighted by atomic mass is 16.5. The number of carbonyl (C=O) groups excluding carboxylic acids is 2. The highest BCUT2D eigenvalue weighted by Gasteiger charge is 2.48. The third kappa shape index (κ3) is 4.45. The van der Waals surface area contributed by atoms with E-state index >= 15 is 0 Å². The summed E-state index contributed by atoms with van der Waals surface area (Å²) in [5.74, 6) is 0.877. The molecule has 0 radical (unpaired) electrons. The van der Waals surface area contributed by atoms with Gasteiger partial charge in [0.15, 0.2) is 5.76 Å². The summed E-state index contributed by atoms with van der Waals surface area (Å²) in [5.41, 5.74) is 0.732. The van der Waals surface area contributed by atoms with E-state index in [-0.39, 0.29) is 30.9 Å². The number of amides is 2. The van der Waals surface area contributed by atoms with Crippen LogP contribution in [0, 0.1) is 0 Å². The van der Waals surface area contributed by atoms with Crippen molar-refractivity contribution >= 4 is 11.8 Å². The monoisotopic (exact) mass is 476 g/mol. The van der Waals surface area contributed by atoms with Gasteiger partial charge in [-0.15, -0.1) is 0 Å². The van der Waals surface area contributed by atoms with Gasteiger partial charge in [0, 0.05) is 17.7 Å². The van der Waals surface area contributed by atoms with Crippen LogP contribution in [0.15, 0.2) is 53.1 Å². The maximum atomic E-state index is 13.9. The number of fused-ring (bicyclic) bond motifs is 1. The number of carbonyl (C=O) groups is 2. The Hall–Kier alpha value is -3.55. The van der Waals surface area contributed by atoms with Gasteiger partial charge in [-0.3, -0.25) is 14.3 Å². The lowest BCUT2D eigenvalue weighted by atomic mass is 9.93. The fourth-order valence-corrected chi connectivity index (χ4v) is 5.20. The van der Waals surface area contributed by atoms with Gasteiger partial charge in [-0.2, -0.15) is 5.10 Å². The van der Waals surface area contributed by atoms with Crippen molar-refractivity contribution in [1.29, 1.82) is 0 Å². The average Bonchev–Trinajstić information content (AvgIpc) is 3.47. The molecule has 8 heteroatoms. The lowest BCUT2D eigenvalue weighted by Crippen LogP contribution is -2.64. The molecule has 0 spiro atoms. The lowest BCUT2D eigenvalue weighted by molar-refractivity contribution is -0.134. The molecular formula is C27H32N4O4. The van der Waals surface area contributed by atoms with E-state index in [2.05, 4.69) is 10.4 Å². The van der Waals surface area contributed by atoms with Gasteiger partial charge in [-0.25, -0.2) is 0 Å². The Bertz CT molecular complexity index is 1190. The minimum absolute atomic E-state index is 0.128. The molecule has 0 saturated heterocycles. The number of methoxy groups -OCH3 is 1. The van der Waals surface area contributed by atoms with Gasteiger partial charge in [-0.1, -0.05) is 43.9 Å². The van der Waals surface area contributed by atoms with Crippen LogP contribution in [0.25, 0.3) is 11.5 Å². The van der Waals surface area contributed by atoms with E-state index in [1.807, 2.05) is 37.3 Å². The minimum atomic E-state index is -1.12. The number of rotatable bonds is 6. The molecule has 1 fully saturated rings. The fourth-order valence-electron chi connectivity index (χ4n) is 5.20. The Balaban J connectivity index is 1.51. The predicted octanol–water partition coefficient (Wildman–Crippen LogP) is 4.41. The van der Waals surface area contributed by atoms with Crippen LogP contribution in [0.2, 0.25) is 0 Å². The molecule has 35 heavy (non-hydrogen) atoms. The lowest BCUT2D eigenvalue weighted by Gasteiger charge is -2.44. The summed E-state index contributed by atoms with van der Waals surface area (Å²) in [5, 5.41) is 7.90. The number of hydrogen-bond acceptors (Lipinski definition) is 5. The highest BCUT2D eigenvalue weighted by Crippen LogP contribution is 2.33. The molecule has 3 heterocycles. The predicted molar refractivity (Wildman–Crippen MR) is 131 cm³/mol. The molecule has 1 aliphatic carbocycles. The van der Waals surface area contributed by atoms with E-state index in [1.165, 1.54) is 12.8 Å². The van der Waals surface area contributed by atoms with Crippen molar-refractivity contribution in [3.63, 3.8) is 0 Å². The Morgan fingerprint density at radius 3 is 2.66 bits per heavy atom. The van der Waals surface area contributed by atoms with Crippen molar-refractivity contribution in [3.05, 3.63) is 60.0 Å². The van der Waals surface area contributed by atoms with E-state index in [1.54, 1.807) is 35.1 Å². The van der Waals surface area contributed by atoms with Gasteiger partial charge >= 0.3 is 0 Å². The van der Waals surface area contributed by atoms with Gasteiger partial charge < -0.3 is 19.4 Å². The molecule has 1 aromatic carbocycles. The highest BCUT2D eigenvalue weighted by molar-refractivity contribution is 6.00. The van der Waals surface area contributed by atoms with E-state index in [4.69, 9.17) is 9.15 Å². The first-order chi connectivity index (χ1) is 17.0. The van der Waals surface area contributed by atoms with E-state index in [0.717, 1.165) is 31.2 Å². The number of aromatic nitrogens is 2. The fraction of sp³-hybridized carbons (Fsp3) is 0.444. The summed E-state index contributed by atoms with van der Waals surface area (Å²) < 4.78 is 12.7.